The van der Waals surface area contributed by atoms with Gasteiger partial charge < -0.3 is 25.5 Å². The van der Waals surface area contributed by atoms with Crippen molar-refractivity contribution in [3.63, 3.8) is 0 Å². The number of amides is 2. The molecule has 9 heteroatoms. The van der Waals surface area contributed by atoms with Crippen LogP contribution in [0, 0.1) is 5.41 Å². The lowest BCUT2D eigenvalue weighted by Crippen LogP contribution is -2.51. The number of alkyl carbamates (subject to hydrolysis) is 1. The Kier molecular flexibility index (Phi) is 6.86. The van der Waals surface area contributed by atoms with Crippen molar-refractivity contribution in [2.75, 3.05) is 13.2 Å². The van der Waals surface area contributed by atoms with E-state index in [-0.39, 0.29) is 25.5 Å². The maximum atomic E-state index is 12.8. The lowest BCUT2D eigenvalue weighted by atomic mass is 9.91. The molecule has 4 rings (SSSR count). The molecule has 1 heterocycles. The van der Waals surface area contributed by atoms with Gasteiger partial charge in [0.05, 0.1) is 11.7 Å². The van der Waals surface area contributed by atoms with E-state index in [0.29, 0.717) is 5.69 Å². The topological polar surface area (TPSA) is 133 Å². The zero-order valence-corrected chi connectivity index (χ0v) is 19.6. The van der Waals surface area contributed by atoms with Gasteiger partial charge in [-0.05, 0) is 36.1 Å². The summed E-state index contributed by atoms with van der Waals surface area (Å²) in [5.41, 5.74) is 4.02. The second kappa shape index (κ2) is 10.0. The van der Waals surface area contributed by atoms with Crippen LogP contribution in [-0.2, 0) is 20.7 Å². The molecule has 1 aromatic heterocycles. The molecular weight excluding hydrogens is 448 g/mol. The van der Waals surface area contributed by atoms with Crippen LogP contribution in [0.3, 0.4) is 0 Å². The Morgan fingerprint density at radius 2 is 1.71 bits per heavy atom. The molecule has 0 saturated heterocycles. The van der Waals surface area contributed by atoms with Crippen LogP contribution in [0.5, 0.6) is 0 Å². The number of nitrogens with zero attached hydrogens (tertiary/aromatic N) is 1. The molecule has 2 aromatic carbocycles. The third-order valence-corrected chi connectivity index (χ3v) is 6.22. The molecule has 35 heavy (non-hydrogen) atoms. The van der Waals surface area contributed by atoms with E-state index in [1.165, 1.54) is 12.5 Å². The Morgan fingerprint density at radius 1 is 1.09 bits per heavy atom. The van der Waals surface area contributed by atoms with Gasteiger partial charge in [-0.1, -0.05) is 48.5 Å². The predicted molar refractivity (Wildman–Crippen MR) is 129 cm³/mol. The molecule has 2 amide bonds. The standard InChI is InChI=1S/C26H28N4O5/c1-26(2,24(33)30-22(23(31)32)11-16-12-27-15-29-16)14-28-25(34)35-13-21-19-9-5-3-7-17(19)18-8-4-6-10-20(18)21/h3-10,12,15,21-22H,11,13-14H2,1-2H3,(H,27,29)(H,28,34)(H,30,33)(H,31,32). The number of hydrogen-bond acceptors (Lipinski definition) is 5. The van der Waals surface area contributed by atoms with Gasteiger partial charge in [0.15, 0.2) is 0 Å². The van der Waals surface area contributed by atoms with Crippen molar-refractivity contribution in [1.29, 1.82) is 0 Å². The van der Waals surface area contributed by atoms with Crippen LogP contribution in [0.1, 0.15) is 36.6 Å². The van der Waals surface area contributed by atoms with Gasteiger partial charge in [-0.25, -0.2) is 14.6 Å². The van der Waals surface area contributed by atoms with Crippen molar-refractivity contribution in [3.05, 3.63) is 77.9 Å². The van der Waals surface area contributed by atoms with Crippen LogP contribution in [0.25, 0.3) is 11.1 Å². The summed E-state index contributed by atoms with van der Waals surface area (Å²) in [6.07, 6.45) is 2.38. The molecule has 3 aromatic rings. The summed E-state index contributed by atoms with van der Waals surface area (Å²) < 4.78 is 5.52. The van der Waals surface area contributed by atoms with Crippen molar-refractivity contribution in [2.45, 2.75) is 32.2 Å². The summed E-state index contributed by atoms with van der Waals surface area (Å²) in [6.45, 7) is 3.39. The smallest absolute Gasteiger partial charge is 0.407 e. The average molecular weight is 477 g/mol. The van der Waals surface area contributed by atoms with E-state index in [2.05, 4.69) is 32.7 Å². The Balaban J connectivity index is 1.32. The molecule has 0 saturated carbocycles. The third kappa shape index (κ3) is 5.34. The Labute approximate surface area is 202 Å². The van der Waals surface area contributed by atoms with Crippen LogP contribution in [0.15, 0.2) is 61.1 Å². The largest absolute Gasteiger partial charge is 0.480 e. The lowest BCUT2D eigenvalue weighted by Gasteiger charge is -2.26. The molecule has 0 bridgehead atoms. The fourth-order valence-corrected chi connectivity index (χ4v) is 4.19. The van der Waals surface area contributed by atoms with E-state index in [4.69, 9.17) is 4.74 Å². The van der Waals surface area contributed by atoms with Crippen molar-refractivity contribution >= 4 is 18.0 Å². The summed E-state index contributed by atoms with van der Waals surface area (Å²) in [7, 11) is 0. The number of nitrogens with one attached hydrogen (secondary N) is 3. The number of carbonyl (C=O) groups excluding carboxylic acids is 2. The van der Waals surface area contributed by atoms with Gasteiger partial charge in [0, 0.05) is 30.8 Å². The van der Waals surface area contributed by atoms with E-state index >= 15 is 0 Å². The number of rotatable bonds is 9. The maximum absolute atomic E-state index is 12.8. The minimum atomic E-state index is -1.16. The van der Waals surface area contributed by atoms with Crippen LogP contribution < -0.4 is 10.6 Å². The van der Waals surface area contributed by atoms with Gasteiger partial charge in [-0.3, -0.25) is 4.79 Å². The molecule has 1 unspecified atom stereocenters. The number of carboxylic acid groups (broad SMARTS) is 1. The highest BCUT2D eigenvalue weighted by molar-refractivity contribution is 5.87. The molecule has 1 aliphatic rings. The minimum absolute atomic E-state index is 0.0219. The SMILES string of the molecule is CC(C)(CNC(=O)OCC1c2ccccc2-c2ccccc21)C(=O)NC(Cc1cnc[nH]1)C(=O)O. The summed E-state index contributed by atoms with van der Waals surface area (Å²) in [6, 6.07) is 15.0. The second-order valence-electron chi connectivity index (χ2n) is 9.21. The Morgan fingerprint density at radius 3 is 2.29 bits per heavy atom. The van der Waals surface area contributed by atoms with Crippen molar-refractivity contribution in [3.8, 4) is 11.1 Å². The van der Waals surface area contributed by atoms with Crippen molar-refractivity contribution in [2.24, 2.45) is 5.41 Å². The Bertz CT molecular complexity index is 1180. The molecule has 182 valence electrons. The molecular formula is C26H28N4O5. The number of carboxylic acids is 1. The van der Waals surface area contributed by atoms with E-state index < -0.39 is 29.4 Å². The first-order valence-corrected chi connectivity index (χ1v) is 11.4. The summed E-state index contributed by atoms with van der Waals surface area (Å²) in [5, 5.41) is 14.7. The number of hydrogen-bond donors (Lipinski definition) is 4. The molecule has 0 aliphatic heterocycles. The first-order chi connectivity index (χ1) is 16.8. The number of fused-ring (bicyclic) bond motifs is 3. The summed E-state index contributed by atoms with van der Waals surface area (Å²) in [5.74, 6) is -1.72. The number of benzene rings is 2. The quantitative estimate of drug-likeness (QED) is 0.375. The first kappa shape index (κ1) is 24.0. The van der Waals surface area contributed by atoms with E-state index in [9.17, 15) is 19.5 Å². The molecule has 0 radical (unpaired) electrons. The van der Waals surface area contributed by atoms with Crippen LogP contribution >= 0.6 is 0 Å². The second-order valence-corrected chi connectivity index (χ2v) is 9.21. The van der Waals surface area contributed by atoms with E-state index in [1.807, 2.05) is 36.4 Å². The van der Waals surface area contributed by atoms with Gasteiger partial charge in [-0.15, -0.1) is 0 Å². The number of ether oxygens (including phenoxy) is 1. The predicted octanol–water partition coefficient (Wildman–Crippen LogP) is 3.09. The Hall–Kier alpha value is -4.14. The molecule has 1 atom stereocenters. The minimum Gasteiger partial charge on any atom is -0.480 e. The fourth-order valence-electron chi connectivity index (χ4n) is 4.19. The number of aromatic amines is 1. The fraction of sp³-hybridized carbons (Fsp3) is 0.308. The van der Waals surface area contributed by atoms with Gasteiger partial charge in [0.1, 0.15) is 12.6 Å². The zero-order valence-electron chi connectivity index (χ0n) is 19.6. The summed E-state index contributed by atoms with van der Waals surface area (Å²) in [4.78, 5) is 43.5. The van der Waals surface area contributed by atoms with E-state index in [0.717, 1.165) is 22.3 Å². The van der Waals surface area contributed by atoms with Gasteiger partial charge >= 0.3 is 12.1 Å². The van der Waals surface area contributed by atoms with Gasteiger partial charge in [0.25, 0.3) is 0 Å². The average Bonchev–Trinajstić information content (AvgIpc) is 3.47. The molecule has 0 fully saturated rings. The van der Waals surface area contributed by atoms with E-state index in [1.54, 1.807) is 13.8 Å². The van der Waals surface area contributed by atoms with Crippen LogP contribution in [0.4, 0.5) is 4.79 Å². The maximum Gasteiger partial charge on any atom is 0.407 e. The highest BCUT2D eigenvalue weighted by Gasteiger charge is 2.33. The number of aliphatic carboxylic acids is 1. The molecule has 9 nitrogen and oxygen atoms in total. The summed E-state index contributed by atoms with van der Waals surface area (Å²) >= 11 is 0. The van der Waals surface area contributed by atoms with Crippen molar-refractivity contribution < 1.29 is 24.2 Å². The third-order valence-electron chi connectivity index (χ3n) is 6.22. The molecule has 1 aliphatic carbocycles. The highest BCUT2D eigenvalue weighted by Crippen LogP contribution is 2.44. The number of carbonyl (C=O) groups is 3. The molecule has 4 N–H and O–H groups in total. The number of imidazole rings is 1. The monoisotopic (exact) mass is 476 g/mol. The zero-order chi connectivity index (χ0) is 25.0. The lowest BCUT2D eigenvalue weighted by molar-refractivity contribution is -0.143. The normalized spacial score (nSPS) is 13.4. The van der Waals surface area contributed by atoms with Crippen LogP contribution in [0.2, 0.25) is 0 Å². The van der Waals surface area contributed by atoms with Gasteiger partial charge in [-0.2, -0.15) is 0 Å². The number of H-pyrrole nitrogens is 1. The first-order valence-electron chi connectivity index (χ1n) is 11.4. The number of aromatic nitrogens is 2. The molecule has 0 spiro atoms. The van der Waals surface area contributed by atoms with Gasteiger partial charge in [0.2, 0.25) is 5.91 Å². The van der Waals surface area contributed by atoms with Crippen molar-refractivity contribution in [1.82, 2.24) is 20.6 Å². The van der Waals surface area contributed by atoms with Crippen LogP contribution in [-0.4, -0.2) is 52.2 Å². The highest BCUT2D eigenvalue weighted by atomic mass is 16.5.